The summed E-state index contributed by atoms with van der Waals surface area (Å²) in [6, 6.07) is 15.5. The molecule has 0 saturated carbocycles. The average Bonchev–Trinajstić information content (AvgIpc) is 3.22. The molecule has 2 heterocycles. The Kier molecular flexibility index (Phi) is 6.76. The van der Waals surface area contributed by atoms with E-state index in [9.17, 15) is 4.79 Å². The van der Waals surface area contributed by atoms with Gasteiger partial charge in [-0.2, -0.15) is 9.43 Å². The molecular weight excluding hydrogens is 440 g/mol. The zero-order valence-electron chi connectivity index (χ0n) is 19.2. The molecule has 0 unspecified atom stereocenters. The molecular formula is C24H28N4O4S. The third-order valence-electron chi connectivity index (χ3n) is 5.95. The molecule has 8 nitrogen and oxygen atoms in total. The standard InChI is InChI=1S/C24H28N4O4S/c1-24(2,15-25)16-5-7-17(8-6-16)27-14-13-20-21(23(27)29)28(26-22(20)33-32-31-4)18-9-11-19(30-3)12-10-18/h5-12H,13-15,25H2,1-4H3. The van der Waals surface area contributed by atoms with E-state index in [4.69, 9.17) is 19.7 Å². The van der Waals surface area contributed by atoms with Gasteiger partial charge in [-0.05, 0) is 48.4 Å². The van der Waals surface area contributed by atoms with Crippen molar-refractivity contribution >= 4 is 23.6 Å². The molecule has 174 valence electrons. The number of hydrogen-bond donors (Lipinski definition) is 1. The van der Waals surface area contributed by atoms with Gasteiger partial charge in [0.2, 0.25) is 0 Å². The lowest BCUT2D eigenvalue weighted by Gasteiger charge is -2.29. The van der Waals surface area contributed by atoms with Crippen molar-refractivity contribution in [3.63, 3.8) is 0 Å². The molecule has 0 saturated heterocycles. The minimum absolute atomic E-state index is 0.116. The maximum absolute atomic E-state index is 13.7. The van der Waals surface area contributed by atoms with Gasteiger partial charge in [-0.25, -0.2) is 9.57 Å². The number of hydrogen-bond acceptors (Lipinski definition) is 7. The van der Waals surface area contributed by atoms with E-state index in [0.717, 1.165) is 40.3 Å². The highest BCUT2D eigenvalue weighted by atomic mass is 32.2. The quantitative estimate of drug-likeness (QED) is 0.304. The van der Waals surface area contributed by atoms with Crippen LogP contribution in [0.15, 0.2) is 53.6 Å². The first kappa shape index (κ1) is 23.3. The Bertz CT molecular complexity index is 1130. The molecule has 2 aromatic carbocycles. The van der Waals surface area contributed by atoms with Gasteiger partial charge in [0.1, 0.15) is 11.4 Å². The monoisotopic (exact) mass is 468 g/mol. The van der Waals surface area contributed by atoms with Gasteiger partial charge in [0, 0.05) is 29.8 Å². The highest BCUT2D eigenvalue weighted by Crippen LogP contribution is 2.34. The number of fused-ring (bicyclic) bond motifs is 1. The van der Waals surface area contributed by atoms with Crippen LogP contribution in [0.4, 0.5) is 5.69 Å². The van der Waals surface area contributed by atoms with Crippen molar-refractivity contribution in [2.24, 2.45) is 5.73 Å². The van der Waals surface area contributed by atoms with Gasteiger partial charge in [0.15, 0.2) is 5.03 Å². The summed E-state index contributed by atoms with van der Waals surface area (Å²) in [5.41, 5.74) is 9.88. The van der Waals surface area contributed by atoms with Crippen molar-refractivity contribution < 1.29 is 18.8 Å². The SMILES string of the molecule is COOSc1nn(-c2ccc(OC)cc2)c2c1CCN(c1ccc(C(C)(C)CN)cc1)C2=O. The average molecular weight is 469 g/mol. The molecule has 3 aromatic rings. The normalized spacial score (nSPS) is 13.8. The first-order chi connectivity index (χ1) is 15.9. The summed E-state index contributed by atoms with van der Waals surface area (Å²) in [4.78, 5) is 20.2. The van der Waals surface area contributed by atoms with Crippen LogP contribution in [-0.2, 0) is 21.1 Å². The summed E-state index contributed by atoms with van der Waals surface area (Å²) in [7, 11) is 3.05. The van der Waals surface area contributed by atoms with Gasteiger partial charge < -0.3 is 15.4 Å². The van der Waals surface area contributed by atoms with E-state index in [-0.39, 0.29) is 11.3 Å². The van der Waals surface area contributed by atoms with Crippen LogP contribution in [0.2, 0.25) is 0 Å². The summed E-state index contributed by atoms with van der Waals surface area (Å²) in [5, 5.41) is 5.27. The second-order valence-corrected chi connectivity index (χ2v) is 9.09. The lowest BCUT2D eigenvalue weighted by Crippen LogP contribution is -2.39. The summed E-state index contributed by atoms with van der Waals surface area (Å²) >= 11 is 1.00. The fourth-order valence-electron chi connectivity index (χ4n) is 3.83. The van der Waals surface area contributed by atoms with Crippen LogP contribution < -0.4 is 15.4 Å². The number of anilines is 1. The lowest BCUT2D eigenvalue weighted by molar-refractivity contribution is -0.160. The van der Waals surface area contributed by atoms with Gasteiger partial charge in [-0.3, -0.25) is 4.79 Å². The molecule has 0 aliphatic carbocycles. The predicted molar refractivity (Wildman–Crippen MR) is 128 cm³/mol. The van der Waals surface area contributed by atoms with Crippen molar-refractivity contribution in [1.29, 1.82) is 0 Å². The highest BCUT2D eigenvalue weighted by molar-refractivity contribution is 7.94. The van der Waals surface area contributed by atoms with Gasteiger partial charge in [-0.1, -0.05) is 26.0 Å². The van der Waals surface area contributed by atoms with E-state index < -0.39 is 0 Å². The van der Waals surface area contributed by atoms with Crippen LogP contribution in [-0.4, -0.2) is 43.0 Å². The van der Waals surface area contributed by atoms with Gasteiger partial charge in [-0.15, -0.1) is 0 Å². The molecule has 0 bridgehead atoms. The molecule has 1 amide bonds. The van der Waals surface area contributed by atoms with Gasteiger partial charge in [0.05, 0.1) is 31.9 Å². The second kappa shape index (κ2) is 9.56. The summed E-state index contributed by atoms with van der Waals surface area (Å²) < 4.78 is 12.0. The summed E-state index contributed by atoms with van der Waals surface area (Å²) in [5.74, 6) is 0.611. The number of amides is 1. The van der Waals surface area contributed by atoms with Crippen LogP contribution in [0.5, 0.6) is 5.75 Å². The fourth-order valence-corrected chi connectivity index (χ4v) is 4.38. The van der Waals surface area contributed by atoms with Crippen molar-refractivity contribution in [2.45, 2.75) is 30.7 Å². The third-order valence-corrected chi connectivity index (χ3v) is 6.64. The molecule has 0 atom stereocenters. The molecule has 0 spiro atoms. The minimum Gasteiger partial charge on any atom is -0.497 e. The fraction of sp³-hybridized carbons (Fsp3) is 0.333. The molecule has 0 radical (unpaired) electrons. The molecule has 33 heavy (non-hydrogen) atoms. The molecule has 1 aliphatic rings. The van der Waals surface area contributed by atoms with Crippen LogP contribution in [0.3, 0.4) is 0 Å². The van der Waals surface area contributed by atoms with Crippen LogP contribution in [0, 0.1) is 0 Å². The Morgan fingerprint density at radius 2 is 1.73 bits per heavy atom. The van der Waals surface area contributed by atoms with Gasteiger partial charge in [0.25, 0.3) is 5.91 Å². The minimum atomic E-state index is -0.127. The first-order valence-electron chi connectivity index (χ1n) is 10.7. The maximum atomic E-state index is 13.7. The van der Waals surface area contributed by atoms with Crippen LogP contribution >= 0.6 is 12.0 Å². The Morgan fingerprint density at radius 3 is 2.33 bits per heavy atom. The Morgan fingerprint density at radius 1 is 1.06 bits per heavy atom. The Hall–Kier alpha value is -2.85. The number of rotatable bonds is 8. The summed E-state index contributed by atoms with van der Waals surface area (Å²) in [6.07, 6.45) is 0.642. The first-order valence-corrected chi connectivity index (χ1v) is 11.4. The van der Waals surface area contributed by atoms with Crippen molar-refractivity contribution in [2.75, 3.05) is 32.2 Å². The number of ether oxygens (including phenoxy) is 1. The third kappa shape index (κ3) is 4.49. The number of carbonyl (C=O) groups excluding carboxylic acids is 1. The van der Waals surface area contributed by atoms with Gasteiger partial charge >= 0.3 is 0 Å². The van der Waals surface area contributed by atoms with E-state index in [1.165, 1.54) is 7.11 Å². The number of nitrogens with two attached hydrogens (primary N) is 1. The Balaban J connectivity index is 1.72. The van der Waals surface area contributed by atoms with E-state index in [1.807, 2.05) is 48.5 Å². The second-order valence-electron chi connectivity index (χ2n) is 8.40. The molecule has 0 fully saturated rings. The lowest BCUT2D eigenvalue weighted by atomic mass is 9.85. The molecule has 9 heteroatoms. The predicted octanol–water partition coefficient (Wildman–Crippen LogP) is 3.91. The van der Waals surface area contributed by atoms with Crippen molar-refractivity contribution in [3.05, 3.63) is 65.4 Å². The number of benzene rings is 2. The Labute approximate surface area is 197 Å². The van der Waals surface area contributed by atoms with E-state index in [0.29, 0.717) is 30.2 Å². The van der Waals surface area contributed by atoms with E-state index in [1.54, 1.807) is 16.7 Å². The molecule has 1 aromatic heterocycles. The topological polar surface area (TPSA) is 91.8 Å². The van der Waals surface area contributed by atoms with E-state index >= 15 is 0 Å². The molecule has 2 N–H and O–H groups in total. The van der Waals surface area contributed by atoms with Crippen LogP contribution in [0.25, 0.3) is 5.69 Å². The molecule has 4 rings (SSSR count). The number of nitrogens with zero attached hydrogens (tertiary/aromatic N) is 3. The summed E-state index contributed by atoms with van der Waals surface area (Å²) in [6.45, 7) is 5.30. The number of aromatic nitrogens is 2. The zero-order valence-corrected chi connectivity index (χ0v) is 20.0. The number of methoxy groups -OCH3 is 1. The molecule has 1 aliphatic heterocycles. The van der Waals surface area contributed by atoms with Crippen molar-refractivity contribution in [1.82, 2.24) is 9.78 Å². The maximum Gasteiger partial charge on any atom is 0.277 e. The van der Waals surface area contributed by atoms with Crippen LogP contribution in [0.1, 0.15) is 35.5 Å². The van der Waals surface area contributed by atoms with E-state index in [2.05, 4.69) is 18.9 Å². The zero-order chi connectivity index (χ0) is 23.6. The highest BCUT2D eigenvalue weighted by Gasteiger charge is 2.34. The number of carbonyl (C=O) groups is 1. The smallest absolute Gasteiger partial charge is 0.277 e. The van der Waals surface area contributed by atoms with Crippen molar-refractivity contribution in [3.8, 4) is 11.4 Å². The largest absolute Gasteiger partial charge is 0.497 e.